The van der Waals surface area contributed by atoms with Crippen LogP contribution in [0.15, 0.2) is 48.7 Å². The summed E-state index contributed by atoms with van der Waals surface area (Å²) >= 11 is 0. The molecule has 0 bridgehead atoms. The zero-order valence-electron chi connectivity index (χ0n) is 19.7. The summed E-state index contributed by atoms with van der Waals surface area (Å²) in [5.41, 5.74) is 2.77. The first-order valence-electron chi connectivity index (χ1n) is 12.2. The van der Waals surface area contributed by atoms with Gasteiger partial charge in [0.25, 0.3) is 5.91 Å². The Hall–Kier alpha value is -2.77. The van der Waals surface area contributed by atoms with Crippen LogP contribution in [0.1, 0.15) is 60.4 Å². The van der Waals surface area contributed by atoms with Gasteiger partial charge in [-0.05, 0) is 43.5 Å². The lowest BCUT2D eigenvalue weighted by molar-refractivity contribution is 0.0852. The van der Waals surface area contributed by atoms with Crippen molar-refractivity contribution in [2.75, 3.05) is 26.7 Å². The normalized spacial score (nSPS) is 24.7. The summed E-state index contributed by atoms with van der Waals surface area (Å²) in [6.45, 7) is 6.03. The molecule has 174 valence electrons. The van der Waals surface area contributed by atoms with Crippen LogP contribution in [0.3, 0.4) is 0 Å². The van der Waals surface area contributed by atoms with Crippen molar-refractivity contribution < 1.29 is 4.79 Å². The van der Waals surface area contributed by atoms with Crippen LogP contribution < -0.4 is 5.32 Å². The largest absolute Gasteiger partial charge is 0.349 e. The molecule has 1 aliphatic heterocycles. The predicted molar refractivity (Wildman–Crippen MR) is 129 cm³/mol. The fraction of sp³-hybridized carbons (Fsp3) is 0.500. The number of carbonyl (C=O) groups is 1. The summed E-state index contributed by atoms with van der Waals surface area (Å²) in [5, 5.41) is 12.2. The van der Waals surface area contributed by atoms with Crippen LogP contribution >= 0.6 is 0 Å². The monoisotopic (exact) mass is 446 g/mol. The maximum absolute atomic E-state index is 13.0. The van der Waals surface area contributed by atoms with Crippen LogP contribution in [-0.2, 0) is 6.54 Å². The SMILES string of the molecule is C[C@@H]1CCCC[C@@H]1NC(=O)c1ccc2nnc([C@H]3CN(Cc4ccccc4)CCN3C)n2c1. The summed E-state index contributed by atoms with van der Waals surface area (Å²) in [7, 11) is 2.15. The number of amides is 1. The number of benzene rings is 1. The molecule has 3 atom stereocenters. The van der Waals surface area contributed by atoms with Crippen molar-refractivity contribution in [1.82, 2.24) is 29.7 Å². The quantitative estimate of drug-likeness (QED) is 0.650. The van der Waals surface area contributed by atoms with Crippen molar-refractivity contribution in [3.05, 3.63) is 65.6 Å². The van der Waals surface area contributed by atoms with E-state index in [9.17, 15) is 4.79 Å². The van der Waals surface area contributed by atoms with Crippen molar-refractivity contribution >= 4 is 11.6 Å². The Bertz CT molecular complexity index is 1100. The Balaban J connectivity index is 1.35. The molecule has 2 aromatic heterocycles. The number of carbonyl (C=O) groups excluding carboxylic acids is 1. The highest BCUT2D eigenvalue weighted by Crippen LogP contribution is 2.26. The van der Waals surface area contributed by atoms with Crippen LogP contribution in [0.25, 0.3) is 5.65 Å². The van der Waals surface area contributed by atoms with E-state index in [4.69, 9.17) is 0 Å². The average molecular weight is 447 g/mol. The molecule has 7 heteroatoms. The highest BCUT2D eigenvalue weighted by Gasteiger charge is 2.30. The minimum absolute atomic E-state index is 0.00185. The number of likely N-dealkylation sites (N-methyl/N-ethyl adjacent to an activating group) is 1. The standard InChI is InChI=1S/C26H34N6O/c1-19-8-6-7-11-22(19)27-26(33)21-12-13-24-28-29-25(32(24)17-21)23-18-31(15-14-30(23)2)16-20-9-4-3-5-10-20/h3-5,9-10,12-13,17,19,22-23H,6-8,11,14-16,18H2,1-2H3,(H,27,33)/t19-,22+,23-/m1/s1. The lowest BCUT2D eigenvalue weighted by Gasteiger charge is -2.38. The fourth-order valence-corrected chi connectivity index (χ4v) is 5.25. The average Bonchev–Trinajstić information content (AvgIpc) is 3.25. The Kier molecular flexibility index (Phi) is 6.42. The lowest BCUT2D eigenvalue weighted by Crippen LogP contribution is -2.46. The molecule has 5 rings (SSSR count). The summed E-state index contributed by atoms with van der Waals surface area (Å²) in [6.07, 6.45) is 6.62. The molecule has 33 heavy (non-hydrogen) atoms. The summed E-state index contributed by atoms with van der Waals surface area (Å²) < 4.78 is 2.01. The molecule has 1 amide bonds. The number of hydrogen-bond donors (Lipinski definition) is 1. The van der Waals surface area contributed by atoms with Gasteiger partial charge in [0, 0.05) is 38.4 Å². The van der Waals surface area contributed by atoms with Gasteiger partial charge in [-0.15, -0.1) is 10.2 Å². The molecule has 1 saturated heterocycles. The number of rotatable bonds is 5. The molecule has 1 aliphatic carbocycles. The Morgan fingerprint density at radius 1 is 1.06 bits per heavy atom. The number of nitrogens with zero attached hydrogens (tertiary/aromatic N) is 5. The first kappa shape index (κ1) is 22.0. The molecule has 1 saturated carbocycles. The third-order valence-corrected chi connectivity index (χ3v) is 7.40. The first-order chi connectivity index (χ1) is 16.1. The lowest BCUT2D eigenvalue weighted by atomic mass is 9.86. The van der Waals surface area contributed by atoms with E-state index < -0.39 is 0 Å². The van der Waals surface area contributed by atoms with E-state index in [0.717, 1.165) is 44.1 Å². The molecule has 3 aromatic rings. The van der Waals surface area contributed by atoms with E-state index in [0.29, 0.717) is 11.5 Å². The van der Waals surface area contributed by atoms with Gasteiger partial charge in [-0.1, -0.05) is 50.1 Å². The van der Waals surface area contributed by atoms with Gasteiger partial charge in [0.05, 0.1) is 11.6 Å². The number of piperazine rings is 1. The maximum atomic E-state index is 13.0. The van der Waals surface area contributed by atoms with Gasteiger partial charge in [0.1, 0.15) is 0 Å². The molecule has 0 spiro atoms. The number of fused-ring (bicyclic) bond motifs is 1. The molecule has 2 fully saturated rings. The Morgan fingerprint density at radius 3 is 2.70 bits per heavy atom. The second kappa shape index (κ2) is 9.61. The van der Waals surface area contributed by atoms with Crippen molar-refractivity contribution in [2.24, 2.45) is 5.92 Å². The van der Waals surface area contributed by atoms with E-state index in [1.807, 2.05) is 22.7 Å². The number of hydrogen-bond acceptors (Lipinski definition) is 5. The van der Waals surface area contributed by atoms with Gasteiger partial charge in [0.15, 0.2) is 11.5 Å². The molecular formula is C26H34N6O. The second-order valence-electron chi connectivity index (χ2n) is 9.76. The molecule has 1 N–H and O–H groups in total. The molecule has 0 radical (unpaired) electrons. The molecular weight excluding hydrogens is 412 g/mol. The minimum Gasteiger partial charge on any atom is -0.349 e. The molecule has 3 heterocycles. The van der Waals surface area contributed by atoms with Gasteiger partial charge in [-0.25, -0.2) is 0 Å². The van der Waals surface area contributed by atoms with Gasteiger partial charge in [0.2, 0.25) is 0 Å². The van der Waals surface area contributed by atoms with Crippen molar-refractivity contribution in [1.29, 1.82) is 0 Å². The smallest absolute Gasteiger partial charge is 0.253 e. The van der Waals surface area contributed by atoms with Crippen LogP contribution in [0.4, 0.5) is 0 Å². The summed E-state index contributed by atoms with van der Waals surface area (Å²) in [5.74, 6) is 1.42. The van der Waals surface area contributed by atoms with Crippen molar-refractivity contribution in [3.63, 3.8) is 0 Å². The summed E-state index contributed by atoms with van der Waals surface area (Å²) in [6, 6.07) is 14.7. The van der Waals surface area contributed by atoms with Gasteiger partial charge in [-0.2, -0.15) is 0 Å². The Labute approximate surface area is 195 Å². The number of nitrogens with one attached hydrogen (secondary N) is 1. The van der Waals surface area contributed by atoms with Crippen LogP contribution in [-0.4, -0.2) is 63.0 Å². The topological polar surface area (TPSA) is 65.8 Å². The molecule has 0 unspecified atom stereocenters. The fourth-order valence-electron chi connectivity index (χ4n) is 5.25. The van der Waals surface area contributed by atoms with E-state index >= 15 is 0 Å². The van der Waals surface area contributed by atoms with Gasteiger partial charge in [-0.3, -0.25) is 19.0 Å². The van der Waals surface area contributed by atoms with Crippen LogP contribution in [0.5, 0.6) is 0 Å². The van der Waals surface area contributed by atoms with Gasteiger partial charge >= 0.3 is 0 Å². The molecule has 1 aromatic carbocycles. The second-order valence-corrected chi connectivity index (χ2v) is 9.76. The zero-order chi connectivity index (χ0) is 22.8. The van der Waals surface area contributed by atoms with E-state index in [2.05, 4.69) is 69.6 Å². The Morgan fingerprint density at radius 2 is 1.88 bits per heavy atom. The zero-order valence-corrected chi connectivity index (χ0v) is 19.7. The minimum atomic E-state index is -0.00185. The maximum Gasteiger partial charge on any atom is 0.253 e. The highest BCUT2D eigenvalue weighted by atomic mass is 16.1. The van der Waals surface area contributed by atoms with E-state index in [-0.39, 0.29) is 18.0 Å². The predicted octanol–water partition coefficient (Wildman–Crippen LogP) is 3.53. The molecule has 2 aliphatic rings. The highest BCUT2D eigenvalue weighted by molar-refractivity contribution is 5.94. The van der Waals surface area contributed by atoms with Gasteiger partial charge < -0.3 is 5.32 Å². The van der Waals surface area contributed by atoms with Crippen molar-refractivity contribution in [2.45, 2.75) is 51.2 Å². The van der Waals surface area contributed by atoms with E-state index in [1.54, 1.807) is 0 Å². The van der Waals surface area contributed by atoms with Crippen LogP contribution in [0, 0.1) is 5.92 Å². The third kappa shape index (κ3) is 4.80. The van der Waals surface area contributed by atoms with E-state index in [1.165, 1.54) is 24.8 Å². The van der Waals surface area contributed by atoms with Crippen molar-refractivity contribution in [3.8, 4) is 0 Å². The third-order valence-electron chi connectivity index (χ3n) is 7.40. The first-order valence-corrected chi connectivity index (χ1v) is 12.2. The van der Waals surface area contributed by atoms with Crippen LogP contribution in [0.2, 0.25) is 0 Å². The number of pyridine rings is 1. The molecule has 7 nitrogen and oxygen atoms in total. The number of aromatic nitrogens is 3. The summed E-state index contributed by atoms with van der Waals surface area (Å²) in [4.78, 5) is 17.9.